The minimum Gasteiger partial charge on any atom is -0.497 e. The number of fused-ring (bicyclic) bond motifs is 1. The van der Waals surface area contributed by atoms with Crippen molar-refractivity contribution in [3.8, 4) is 11.8 Å². The highest BCUT2D eigenvalue weighted by molar-refractivity contribution is 5.84. The van der Waals surface area contributed by atoms with E-state index in [-0.39, 0.29) is 11.1 Å². The minimum atomic E-state index is -0.328. The van der Waals surface area contributed by atoms with Gasteiger partial charge in [0.25, 0.3) is 5.56 Å². The number of quaternary nitrogens is 1. The van der Waals surface area contributed by atoms with Crippen molar-refractivity contribution in [1.29, 1.82) is 5.26 Å². The van der Waals surface area contributed by atoms with E-state index >= 15 is 0 Å². The first-order valence-corrected chi connectivity index (χ1v) is 8.79. The van der Waals surface area contributed by atoms with E-state index < -0.39 is 0 Å². The quantitative estimate of drug-likeness (QED) is 0.747. The van der Waals surface area contributed by atoms with Gasteiger partial charge in [0, 0.05) is 5.56 Å². The number of aromatic nitrogens is 2. The molecule has 1 aromatic heterocycles. The number of aryl methyl sites for hydroxylation is 1. The molecule has 0 aliphatic carbocycles. The van der Waals surface area contributed by atoms with Crippen LogP contribution in [0.1, 0.15) is 22.4 Å². The third-order valence-electron chi connectivity index (χ3n) is 4.79. The smallest absolute Gasteiger partial charge is 0.289 e. The van der Waals surface area contributed by atoms with Gasteiger partial charge in [-0.3, -0.25) is 4.79 Å². The maximum absolute atomic E-state index is 12.4. The van der Waals surface area contributed by atoms with Crippen LogP contribution in [0, 0.1) is 25.2 Å². The molecule has 6 heteroatoms. The topological polar surface area (TPSA) is 72.3 Å². The van der Waals surface area contributed by atoms with Gasteiger partial charge >= 0.3 is 0 Å². The highest BCUT2D eigenvalue weighted by Crippen LogP contribution is 2.21. The molecule has 0 saturated carbocycles. The summed E-state index contributed by atoms with van der Waals surface area (Å²) in [5, 5.41) is 15.9. The maximum atomic E-state index is 12.4. The largest absolute Gasteiger partial charge is 0.497 e. The van der Waals surface area contributed by atoms with Crippen molar-refractivity contribution in [1.82, 2.24) is 9.78 Å². The first-order valence-electron chi connectivity index (χ1n) is 8.79. The second-order valence-electron chi connectivity index (χ2n) is 6.84. The van der Waals surface area contributed by atoms with Crippen molar-refractivity contribution in [3.05, 3.63) is 69.1 Å². The number of ether oxygens (including phenoxy) is 1. The van der Waals surface area contributed by atoms with Crippen LogP contribution in [-0.4, -0.2) is 23.9 Å². The Balaban J connectivity index is 1.81. The number of hydrogen-bond donors (Lipinski definition) is 1. The van der Waals surface area contributed by atoms with Crippen LogP contribution in [0.5, 0.6) is 5.75 Å². The number of hydrogen-bond acceptors (Lipinski definition) is 4. The molecule has 6 nitrogen and oxygen atoms in total. The lowest BCUT2D eigenvalue weighted by Crippen LogP contribution is -3.07. The molecule has 0 amide bonds. The zero-order chi connectivity index (χ0) is 19.6. The van der Waals surface area contributed by atoms with Crippen molar-refractivity contribution in [2.75, 3.05) is 14.2 Å². The molecule has 1 N–H and O–H groups in total. The third kappa shape index (κ3) is 3.83. The molecule has 1 unspecified atom stereocenters. The van der Waals surface area contributed by atoms with E-state index in [1.807, 2.05) is 38.2 Å². The molecule has 0 bridgehead atoms. The van der Waals surface area contributed by atoms with E-state index in [9.17, 15) is 10.1 Å². The van der Waals surface area contributed by atoms with E-state index in [1.54, 1.807) is 14.0 Å². The second kappa shape index (κ2) is 7.60. The van der Waals surface area contributed by atoms with E-state index in [1.165, 1.54) is 10.2 Å². The second-order valence-corrected chi connectivity index (χ2v) is 6.84. The fourth-order valence-electron chi connectivity index (χ4n) is 3.18. The van der Waals surface area contributed by atoms with Gasteiger partial charge in [0.05, 0.1) is 19.9 Å². The molecule has 0 fully saturated rings. The first-order chi connectivity index (χ1) is 12.9. The highest BCUT2D eigenvalue weighted by Gasteiger charge is 2.14. The van der Waals surface area contributed by atoms with Crippen molar-refractivity contribution in [3.63, 3.8) is 0 Å². The Morgan fingerprint density at radius 1 is 1.19 bits per heavy atom. The standard InChI is InChI=1S/C21H22N4O2/c1-14-15(2)23-25(21(26)20(14)11-22)13-24(3)12-16-5-6-18-10-19(27-4)8-7-17(18)9-16/h5-10H,12-13H2,1-4H3/p+1. The molecular weight excluding hydrogens is 340 g/mol. The molecule has 3 aromatic rings. The van der Waals surface area contributed by atoms with Crippen LogP contribution >= 0.6 is 0 Å². The Labute approximate surface area is 158 Å². The summed E-state index contributed by atoms with van der Waals surface area (Å²) >= 11 is 0. The summed E-state index contributed by atoms with van der Waals surface area (Å²) in [6.07, 6.45) is 0. The highest BCUT2D eigenvalue weighted by atomic mass is 16.5. The van der Waals surface area contributed by atoms with Gasteiger partial charge in [-0.2, -0.15) is 15.0 Å². The van der Waals surface area contributed by atoms with Crippen LogP contribution in [-0.2, 0) is 13.2 Å². The van der Waals surface area contributed by atoms with Gasteiger partial charge in [0.1, 0.15) is 23.9 Å². The zero-order valence-corrected chi connectivity index (χ0v) is 16.0. The molecule has 0 saturated heterocycles. The predicted molar refractivity (Wildman–Crippen MR) is 104 cm³/mol. The number of nitrogens with one attached hydrogen (secondary N) is 1. The monoisotopic (exact) mass is 363 g/mol. The Bertz CT molecular complexity index is 1100. The molecule has 0 aliphatic rings. The average Bonchev–Trinajstić information content (AvgIpc) is 2.66. The number of methoxy groups -OCH3 is 1. The van der Waals surface area contributed by atoms with Crippen molar-refractivity contribution in [2.24, 2.45) is 0 Å². The molecule has 0 spiro atoms. The Kier molecular flexibility index (Phi) is 5.24. The van der Waals surface area contributed by atoms with Gasteiger partial charge in [-0.05, 0) is 48.4 Å². The number of benzene rings is 2. The van der Waals surface area contributed by atoms with Crippen LogP contribution in [0.3, 0.4) is 0 Å². The van der Waals surface area contributed by atoms with Crippen LogP contribution in [0.15, 0.2) is 41.2 Å². The van der Waals surface area contributed by atoms with E-state index in [4.69, 9.17) is 4.74 Å². The van der Waals surface area contributed by atoms with Crippen LogP contribution in [0.4, 0.5) is 0 Å². The lowest BCUT2D eigenvalue weighted by Gasteiger charge is -2.16. The molecule has 1 atom stereocenters. The fourth-order valence-corrected chi connectivity index (χ4v) is 3.18. The fraction of sp³-hybridized carbons (Fsp3) is 0.286. The molecule has 0 radical (unpaired) electrons. The number of nitrogens with zero attached hydrogens (tertiary/aromatic N) is 3. The Morgan fingerprint density at radius 3 is 2.59 bits per heavy atom. The first kappa shape index (κ1) is 18.6. The van der Waals surface area contributed by atoms with Gasteiger partial charge in [-0.15, -0.1) is 0 Å². The van der Waals surface area contributed by atoms with E-state index in [2.05, 4.69) is 23.3 Å². The van der Waals surface area contributed by atoms with Crippen LogP contribution < -0.4 is 15.2 Å². The number of rotatable bonds is 5. The summed E-state index contributed by atoms with van der Waals surface area (Å²) < 4.78 is 6.66. The molecule has 2 aromatic carbocycles. The van der Waals surface area contributed by atoms with Crippen LogP contribution in [0.25, 0.3) is 10.8 Å². The van der Waals surface area contributed by atoms with Gasteiger partial charge in [-0.25, -0.2) is 0 Å². The summed E-state index contributed by atoms with van der Waals surface area (Å²) in [4.78, 5) is 13.6. The van der Waals surface area contributed by atoms with E-state index in [0.717, 1.165) is 28.0 Å². The molecule has 0 aliphatic heterocycles. The van der Waals surface area contributed by atoms with Crippen LogP contribution in [0.2, 0.25) is 0 Å². The number of nitriles is 1. The SMILES string of the molecule is COc1ccc2cc(C[NH+](C)Cn3nc(C)c(C)c(C#N)c3=O)ccc2c1. The minimum absolute atomic E-state index is 0.176. The Hall–Kier alpha value is -3.17. The maximum Gasteiger partial charge on any atom is 0.289 e. The van der Waals surface area contributed by atoms with Gasteiger partial charge in [-0.1, -0.05) is 18.2 Å². The van der Waals surface area contributed by atoms with Gasteiger partial charge in [0.2, 0.25) is 0 Å². The summed E-state index contributed by atoms with van der Waals surface area (Å²) in [6.45, 7) is 4.71. The Morgan fingerprint density at radius 2 is 1.89 bits per heavy atom. The third-order valence-corrected chi connectivity index (χ3v) is 4.79. The lowest BCUT2D eigenvalue weighted by molar-refractivity contribution is -0.917. The molecule has 27 heavy (non-hydrogen) atoms. The summed E-state index contributed by atoms with van der Waals surface area (Å²) in [5.74, 6) is 0.839. The normalized spacial score (nSPS) is 12.0. The summed E-state index contributed by atoms with van der Waals surface area (Å²) in [6, 6.07) is 14.3. The predicted octanol–water partition coefficient (Wildman–Crippen LogP) is 1.57. The molecule has 138 valence electrons. The summed E-state index contributed by atoms with van der Waals surface area (Å²) in [5.41, 5.74) is 2.38. The van der Waals surface area contributed by atoms with E-state index in [0.29, 0.717) is 17.9 Å². The van der Waals surface area contributed by atoms with Gasteiger partial charge in [0.15, 0.2) is 6.67 Å². The lowest BCUT2D eigenvalue weighted by atomic mass is 10.1. The summed E-state index contributed by atoms with van der Waals surface area (Å²) in [7, 11) is 3.67. The zero-order valence-electron chi connectivity index (χ0n) is 16.0. The van der Waals surface area contributed by atoms with Crippen molar-refractivity contribution < 1.29 is 9.64 Å². The molecular formula is C21H23N4O2+. The van der Waals surface area contributed by atoms with Crippen molar-refractivity contribution >= 4 is 10.8 Å². The van der Waals surface area contributed by atoms with Crippen molar-refractivity contribution in [2.45, 2.75) is 27.1 Å². The molecule has 1 heterocycles. The average molecular weight is 363 g/mol. The molecule has 3 rings (SSSR count). The van der Waals surface area contributed by atoms with Gasteiger partial charge < -0.3 is 9.64 Å².